The van der Waals surface area contributed by atoms with E-state index < -0.39 is 0 Å². The molecule has 1 aliphatic heterocycles. The van der Waals surface area contributed by atoms with Crippen LogP contribution in [-0.4, -0.2) is 43.7 Å². The standard InChI is InChI=1S/C22H28N2O2.C2H6/c1-16-9-8-10-17(2)19(16)21(25)23-20(18-11-6-5-7-12-18)22(24(3)4)13-14-26-15-22;1-2/h5-12,20H,13-15H2,1-4H3,(H,23,25);1-2H3. The monoisotopic (exact) mass is 382 g/mol. The molecule has 0 aromatic heterocycles. The van der Waals surface area contributed by atoms with Crippen LogP contribution in [0.3, 0.4) is 0 Å². The number of nitrogens with zero attached hydrogens (tertiary/aromatic N) is 1. The number of nitrogens with one attached hydrogen (secondary N) is 1. The molecule has 152 valence electrons. The molecule has 2 unspecified atom stereocenters. The van der Waals surface area contributed by atoms with E-state index in [9.17, 15) is 4.79 Å². The average Bonchev–Trinajstić information content (AvgIpc) is 3.19. The maximum absolute atomic E-state index is 13.2. The summed E-state index contributed by atoms with van der Waals surface area (Å²) in [6, 6.07) is 16.0. The van der Waals surface area contributed by atoms with E-state index in [1.165, 1.54) is 0 Å². The molecule has 1 amide bonds. The molecule has 0 saturated carbocycles. The third-order valence-electron chi connectivity index (χ3n) is 5.58. The number of benzene rings is 2. The molecule has 1 heterocycles. The highest BCUT2D eigenvalue weighted by molar-refractivity contribution is 5.97. The largest absolute Gasteiger partial charge is 0.379 e. The van der Waals surface area contributed by atoms with Crippen molar-refractivity contribution in [2.24, 2.45) is 0 Å². The molecule has 28 heavy (non-hydrogen) atoms. The summed E-state index contributed by atoms with van der Waals surface area (Å²) in [4.78, 5) is 15.4. The minimum absolute atomic E-state index is 0.0254. The summed E-state index contributed by atoms with van der Waals surface area (Å²) >= 11 is 0. The van der Waals surface area contributed by atoms with Crippen molar-refractivity contribution in [3.63, 3.8) is 0 Å². The van der Waals surface area contributed by atoms with Crippen molar-refractivity contribution in [1.29, 1.82) is 0 Å². The summed E-state index contributed by atoms with van der Waals surface area (Å²) in [5, 5.41) is 3.33. The second-order valence-corrected chi connectivity index (χ2v) is 7.38. The quantitative estimate of drug-likeness (QED) is 0.826. The summed E-state index contributed by atoms with van der Waals surface area (Å²) in [7, 11) is 4.13. The van der Waals surface area contributed by atoms with Crippen LogP contribution in [0.2, 0.25) is 0 Å². The summed E-state index contributed by atoms with van der Waals surface area (Å²) in [5.74, 6) is -0.0254. The Labute approximate surface area is 169 Å². The maximum atomic E-state index is 13.2. The molecular weight excluding hydrogens is 348 g/mol. The fourth-order valence-electron chi connectivity index (χ4n) is 3.96. The van der Waals surface area contributed by atoms with Gasteiger partial charge in [0.15, 0.2) is 0 Å². The maximum Gasteiger partial charge on any atom is 0.252 e. The first-order valence-electron chi connectivity index (χ1n) is 10.1. The van der Waals surface area contributed by atoms with E-state index >= 15 is 0 Å². The van der Waals surface area contributed by atoms with E-state index in [1.54, 1.807) is 0 Å². The fourth-order valence-corrected chi connectivity index (χ4v) is 3.96. The van der Waals surface area contributed by atoms with Crippen LogP contribution < -0.4 is 5.32 Å². The number of hydrogen-bond donors (Lipinski definition) is 1. The zero-order chi connectivity index (χ0) is 20.7. The number of aryl methyl sites for hydroxylation is 2. The van der Waals surface area contributed by atoms with Crippen molar-refractivity contribution >= 4 is 5.91 Å². The lowest BCUT2D eigenvalue weighted by Gasteiger charge is -2.42. The summed E-state index contributed by atoms with van der Waals surface area (Å²) in [6.45, 7) is 9.28. The van der Waals surface area contributed by atoms with Gasteiger partial charge in [-0.05, 0) is 51.1 Å². The van der Waals surface area contributed by atoms with Gasteiger partial charge in [-0.15, -0.1) is 0 Å². The van der Waals surface area contributed by atoms with Gasteiger partial charge in [0.05, 0.1) is 18.2 Å². The lowest BCUT2D eigenvalue weighted by Crippen LogP contribution is -2.55. The summed E-state index contributed by atoms with van der Waals surface area (Å²) in [6.07, 6.45) is 0.882. The smallest absolute Gasteiger partial charge is 0.252 e. The molecule has 1 fully saturated rings. The Morgan fingerprint density at radius 2 is 1.64 bits per heavy atom. The van der Waals surface area contributed by atoms with Crippen LogP contribution in [-0.2, 0) is 4.74 Å². The lowest BCUT2D eigenvalue weighted by atomic mass is 9.83. The van der Waals surface area contributed by atoms with Crippen molar-refractivity contribution in [3.8, 4) is 0 Å². The van der Waals surface area contributed by atoms with Crippen molar-refractivity contribution in [2.45, 2.75) is 45.7 Å². The van der Waals surface area contributed by atoms with E-state index in [4.69, 9.17) is 4.74 Å². The minimum atomic E-state index is -0.256. The summed E-state index contributed by atoms with van der Waals surface area (Å²) < 4.78 is 5.77. The Bertz CT molecular complexity index is 745. The normalized spacial score (nSPS) is 19.7. The number of rotatable bonds is 5. The molecule has 0 spiro atoms. The molecule has 1 aliphatic rings. The van der Waals surface area contributed by atoms with Crippen LogP contribution >= 0.6 is 0 Å². The second-order valence-electron chi connectivity index (χ2n) is 7.38. The first kappa shape index (κ1) is 22.1. The Kier molecular flexibility index (Phi) is 7.78. The first-order valence-corrected chi connectivity index (χ1v) is 10.1. The number of likely N-dealkylation sites (N-methyl/N-ethyl adjacent to an activating group) is 1. The van der Waals surface area contributed by atoms with Gasteiger partial charge >= 0.3 is 0 Å². The van der Waals surface area contributed by atoms with Crippen LogP contribution in [0.25, 0.3) is 0 Å². The first-order chi connectivity index (χ1) is 13.5. The highest BCUT2D eigenvalue weighted by Crippen LogP contribution is 2.37. The van der Waals surface area contributed by atoms with Gasteiger partial charge in [-0.25, -0.2) is 0 Å². The van der Waals surface area contributed by atoms with Gasteiger partial charge in [-0.2, -0.15) is 0 Å². The average molecular weight is 383 g/mol. The topological polar surface area (TPSA) is 41.6 Å². The van der Waals surface area contributed by atoms with Gasteiger partial charge < -0.3 is 10.1 Å². The van der Waals surface area contributed by atoms with Crippen LogP contribution in [0.1, 0.15) is 53.4 Å². The zero-order valence-electron chi connectivity index (χ0n) is 18.1. The molecule has 1 N–H and O–H groups in total. The number of carbonyl (C=O) groups excluding carboxylic acids is 1. The second kappa shape index (κ2) is 9.85. The SMILES string of the molecule is CC.Cc1cccc(C)c1C(=O)NC(c1ccccc1)C1(N(C)C)CCOC1. The van der Waals surface area contributed by atoms with Crippen molar-refractivity contribution in [1.82, 2.24) is 10.2 Å². The molecule has 0 radical (unpaired) electrons. The van der Waals surface area contributed by atoms with Crippen LogP contribution in [0.5, 0.6) is 0 Å². The fraction of sp³-hybridized carbons (Fsp3) is 0.458. The Morgan fingerprint density at radius 1 is 1.04 bits per heavy atom. The minimum Gasteiger partial charge on any atom is -0.379 e. The van der Waals surface area contributed by atoms with Gasteiger partial charge in [-0.3, -0.25) is 9.69 Å². The third kappa shape index (κ3) is 4.45. The zero-order valence-corrected chi connectivity index (χ0v) is 18.1. The Hall–Kier alpha value is -2.17. The molecule has 2 aromatic carbocycles. The van der Waals surface area contributed by atoms with Crippen molar-refractivity contribution in [3.05, 3.63) is 70.8 Å². The molecule has 2 atom stereocenters. The van der Waals surface area contributed by atoms with Gasteiger partial charge in [-0.1, -0.05) is 62.4 Å². The number of amides is 1. The number of hydrogen-bond acceptors (Lipinski definition) is 3. The molecule has 2 aromatic rings. The van der Waals surface area contributed by atoms with Crippen LogP contribution in [0.4, 0.5) is 0 Å². The number of carbonyl (C=O) groups is 1. The molecule has 4 nitrogen and oxygen atoms in total. The van der Waals surface area contributed by atoms with E-state index in [0.717, 1.165) is 28.7 Å². The predicted octanol–water partition coefficient (Wildman–Crippen LogP) is 4.52. The Balaban J connectivity index is 0.00000136. The van der Waals surface area contributed by atoms with E-state index in [0.29, 0.717) is 13.2 Å². The number of ether oxygens (including phenoxy) is 1. The molecule has 4 heteroatoms. The van der Waals surface area contributed by atoms with Crippen LogP contribution in [0.15, 0.2) is 48.5 Å². The van der Waals surface area contributed by atoms with Gasteiger partial charge in [0.2, 0.25) is 0 Å². The predicted molar refractivity (Wildman–Crippen MR) is 116 cm³/mol. The molecule has 0 bridgehead atoms. The Morgan fingerprint density at radius 3 is 2.14 bits per heavy atom. The highest BCUT2D eigenvalue weighted by Gasteiger charge is 2.46. The lowest BCUT2D eigenvalue weighted by molar-refractivity contribution is 0.0633. The molecule has 3 rings (SSSR count). The van der Waals surface area contributed by atoms with E-state index in [-0.39, 0.29) is 17.5 Å². The molecular formula is C24H34N2O2. The molecule has 0 aliphatic carbocycles. The van der Waals surface area contributed by atoms with Crippen molar-refractivity contribution < 1.29 is 9.53 Å². The van der Waals surface area contributed by atoms with E-state index in [1.807, 2.05) is 64.1 Å². The van der Waals surface area contributed by atoms with Crippen LogP contribution in [0, 0.1) is 13.8 Å². The van der Waals surface area contributed by atoms with Gasteiger partial charge in [0.25, 0.3) is 5.91 Å². The highest BCUT2D eigenvalue weighted by atomic mass is 16.5. The third-order valence-corrected chi connectivity index (χ3v) is 5.58. The summed E-state index contributed by atoms with van der Waals surface area (Å²) in [5.41, 5.74) is 3.60. The van der Waals surface area contributed by atoms with E-state index in [2.05, 4.69) is 36.4 Å². The van der Waals surface area contributed by atoms with Crippen molar-refractivity contribution in [2.75, 3.05) is 27.3 Å². The van der Waals surface area contributed by atoms with Gasteiger partial charge in [0, 0.05) is 12.2 Å². The van der Waals surface area contributed by atoms with Gasteiger partial charge in [0.1, 0.15) is 0 Å². The molecule has 1 saturated heterocycles.